The molecule has 17 heavy (non-hydrogen) atoms. The molecular weight excluding hydrogens is 214 g/mol. The number of nitrogen functional groups attached to an aromatic ring is 1. The first-order chi connectivity index (χ1) is 8.19. The van der Waals surface area contributed by atoms with Crippen molar-refractivity contribution in [1.82, 2.24) is 14.9 Å². The highest BCUT2D eigenvalue weighted by molar-refractivity contribution is 5.44. The Kier molecular flexibility index (Phi) is 3.78. The van der Waals surface area contributed by atoms with Gasteiger partial charge in [-0.2, -0.15) is 0 Å². The third-order valence-electron chi connectivity index (χ3n) is 3.30. The van der Waals surface area contributed by atoms with Crippen LogP contribution in [0.5, 0.6) is 0 Å². The van der Waals surface area contributed by atoms with E-state index in [2.05, 4.69) is 27.2 Å². The summed E-state index contributed by atoms with van der Waals surface area (Å²) >= 11 is 0. The lowest BCUT2D eigenvalue weighted by Crippen LogP contribution is -2.31. The molecule has 3 N–H and O–H groups in total. The van der Waals surface area contributed by atoms with Crippen molar-refractivity contribution in [1.29, 1.82) is 0 Å². The number of aromatic nitrogens is 2. The summed E-state index contributed by atoms with van der Waals surface area (Å²) in [6, 6.07) is 2.41. The van der Waals surface area contributed by atoms with E-state index in [1.54, 1.807) is 6.07 Å². The van der Waals surface area contributed by atoms with Gasteiger partial charge in [-0.05, 0) is 26.4 Å². The third-order valence-corrected chi connectivity index (χ3v) is 3.30. The normalized spacial score (nSPS) is 20.7. The van der Waals surface area contributed by atoms with Crippen LogP contribution in [0.1, 0.15) is 25.6 Å². The third kappa shape index (κ3) is 3.06. The molecule has 0 aromatic carbocycles. The number of likely N-dealkylation sites (tertiary alicyclic amines) is 1. The fourth-order valence-electron chi connectivity index (χ4n) is 2.23. The van der Waals surface area contributed by atoms with Gasteiger partial charge in [0.25, 0.3) is 0 Å². The van der Waals surface area contributed by atoms with Crippen LogP contribution < -0.4 is 11.1 Å². The lowest BCUT2D eigenvalue weighted by molar-refractivity contribution is 0.322. The molecule has 2 rings (SSSR count). The van der Waals surface area contributed by atoms with Crippen LogP contribution in [0.25, 0.3) is 0 Å². The van der Waals surface area contributed by atoms with Gasteiger partial charge in [-0.3, -0.25) is 0 Å². The molecule has 0 spiro atoms. The Bertz CT molecular complexity index is 379. The first-order valence-electron chi connectivity index (χ1n) is 6.26. The van der Waals surface area contributed by atoms with Gasteiger partial charge in [0.2, 0.25) is 0 Å². The number of aryl methyl sites for hydroxylation is 1. The average Bonchev–Trinajstić information content (AvgIpc) is 2.71. The molecule has 1 aromatic rings. The van der Waals surface area contributed by atoms with Gasteiger partial charge in [-0.1, -0.05) is 6.92 Å². The molecule has 1 unspecified atom stereocenters. The van der Waals surface area contributed by atoms with E-state index in [0.717, 1.165) is 24.6 Å². The van der Waals surface area contributed by atoms with Crippen LogP contribution in [-0.4, -0.2) is 41.0 Å². The number of hydrogen-bond acceptors (Lipinski definition) is 5. The predicted octanol–water partition coefficient (Wildman–Crippen LogP) is 1.13. The van der Waals surface area contributed by atoms with Crippen LogP contribution in [0.4, 0.5) is 11.6 Å². The van der Waals surface area contributed by atoms with Crippen LogP contribution in [0.15, 0.2) is 6.07 Å². The second kappa shape index (κ2) is 5.31. The van der Waals surface area contributed by atoms with E-state index < -0.39 is 0 Å². The topological polar surface area (TPSA) is 67.1 Å². The number of nitrogens with two attached hydrogens (primary N) is 1. The van der Waals surface area contributed by atoms with Crippen LogP contribution in [-0.2, 0) is 6.42 Å². The quantitative estimate of drug-likeness (QED) is 0.819. The smallest absolute Gasteiger partial charge is 0.132 e. The second-order valence-electron chi connectivity index (χ2n) is 4.61. The van der Waals surface area contributed by atoms with E-state index in [1.165, 1.54) is 19.4 Å². The van der Waals surface area contributed by atoms with Crippen molar-refractivity contribution < 1.29 is 0 Å². The molecule has 0 bridgehead atoms. The molecular formula is C12H21N5. The van der Waals surface area contributed by atoms with Crippen molar-refractivity contribution in [3.05, 3.63) is 11.9 Å². The number of nitrogens with zero attached hydrogens (tertiary/aromatic N) is 3. The van der Waals surface area contributed by atoms with E-state index in [-0.39, 0.29) is 0 Å². The van der Waals surface area contributed by atoms with Crippen LogP contribution >= 0.6 is 0 Å². The minimum Gasteiger partial charge on any atom is -0.384 e. The number of hydrogen-bond donors (Lipinski definition) is 2. The molecule has 1 saturated heterocycles. The Morgan fingerprint density at radius 2 is 2.35 bits per heavy atom. The van der Waals surface area contributed by atoms with Gasteiger partial charge in [-0.25, -0.2) is 9.97 Å². The van der Waals surface area contributed by atoms with E-state index in [0.29, 0.717) is 11.9 Å². The van der Waals surface area contributed by atoms with Crippen molar-refractivity contribution >= 4 is 11.6 Å². The molecule has 2 heterocycles. The minimum absolute atomic E-state index is 0.541. The summed E-state index contributed by atoms with van der Waals surface area (Å²) in [7, 11) is 2.17. The van der Waals surface area contributed by atoms with E-state index in [1.807, 2.05) is 6.92 Å². The molecule has 0 radical (unpaired) electrons. The Balaban J connectivity index is 1.96. The van der Waals surface area contributed by atoms with Crippen molar-refractivity contribution in [3.8, 4) is 0 Å². The molecule has 1 fully saturated rings. The molecule has 1 aliphatic rings. The Hall–Kier alpha value is -1.36. The summed E-state index contributed by atoms with van der Waals surface area (Å²) in [5, 5.41) is 3.36. The molecule has 0 amide bonds. The lowest BCUT2D eigenvalue weighted by atomic mass is 10.2. The number of nitrogens with one attached hydrogen (secondary N) is 1. The summed E-state index contributed by atoms with van der Waals surface area (Å²) < 4.78 is 0. The van der Waals surface area contributed by atoms with Crippen LogP contribution in [0.3, 0.4) is 0 Å². The monoisotopic (exact) mass is 235 g/mol. The maximum absolute atomic E-state index is 5.74. The highest BCUT2D eigenvalue weighted by Crippen LogP contribution is 2.16. The van der Waals surface area contributed by atoms with Gasteiger partial charge in [0.05, 0.1) is 0 Å². The summed E-state index contributed by atoms with van der Waals surface area (Å²) in [6.45, 7) is 4.15. The fourth-order valence-corrected chi connectivity index (χ4v) is 2.23. The standard InChI is InChI=1S/C12H21N5/c1-3-11-15-10(13)7-12(16-11)14-8-9-5-4-6-17(9)2/h7,9H,3-6,8H2,1-2H3,(H3,13,14,15,16). The van der Waals surface area contributed by atoms with Crippen LogP contribution in [0, 0.1) is 0 Å². The highest BCUT2D eigenvalue weighted by Gasteiger charge is 2.20. The van der Waals surface area contributed by atoms with Gasteiger partial charge < -0.3 is 16.0 Å². The van der Waals surface area contributed by atoms with Crippen molar-refractivity contribution in [3.63, 3.8) is 0 Å². The van der Waals surface area contributed by atoms with Gasteiger partial charge in [0, 0.05) is 25.1 Å². The SMILES string of the molecule is CCc1nc(N)cc(NCC2CCCN2C)n1. The zero-order chi connectivity index (χ0) is 12.3. The van der Waals surface area contributed by atoms with Crippen molar-refractivity contribution in [2.45, 2.75) is 32.2 Å². The summed E-state index contributed by atoms with van der Waals surface area (Å²) in [5.41, 5.74) is 5.74. The first kappa shape index (κ1) is 12.1. The van der Waals surface area contributed by atoms with Gasteiger partial charge in [0.1, 0.15) is 17.5 Å². The fraction of sp³-hybridized carbons (Fsp3) is 0.667. The molecule has 0 saturated carbocycles. The highest BCUT2D eigenvalue weighted by atomic mass is 15.2. The predicted molar refractivity (Wildman–Crippen MR) is 70.0 cm³/mol. The summed E-state index contributed by atoms with van der Waals surface area (Å²) in [4.78, 5) is 11.0. The number of rotatable bonds is 4. The molecule has 94 valence electrons. The van der Waals surface area contributed by atoms with E-state index >= 15 is 0 Å². The second-order valence-corrected chi connectivity index (χ2v) is 4.61. The van der Waals surface area contributed by atoms with Crippen LogP contribution in [0.2, 0.25) is 0 Å². The maximum atomic E-state index is 5.74. The summed E-state index contributed by atoms with van der Waals surface area (Å²) in [6.07, 6.45) is 3.35. The largest absolute Gasteiger partial charge is 0.384 e. The Morgan fingerprint density at radius 3 is 3.00 bits per heavy atom. The zero-order valence-electron chi connectivity index (χ0n) is 10.6. The minimum atomic E-state index is 0.541. The zero-order valence-corrected chi connectivity index (χ0v) is 10.6. The van der Waals surface area contributed by atoms with Crippen molar-refractivity contribution in [2.75, 3.05) is 31.2 Å². The van der Waals surface area contributed by atoms with Gasteiger partial charge in [0.15, 0.2) is 0 Å². The molecule has 0 aliphatic carbocycles. The number of likely N-dealkylation sites (N-methyl/N-ethyl adjacent to an activating group) is 1. The molecule has 5 heteroatoms. The van der Waals surface area contributed by atoms with E-state index in [9.17, 15) is 0 Å². The maximum Gasteiger partial charge on any atom is 0.132 e. The Labute approximate surface area is 102 Å². The molecule has 1 atom stereocenters. The molecule has 5 nitrogen and oxygen atoms in total. The first-order valence-corrected chi connectivity index (χ1v) is 6.26. The molecule has 1 aliphatic heterocycles. The van der Waals surface area contributed by atoms with Gasteiger partial charge >= 0.3 is 0 Å². The Morgan fingerprint density at radius 1 is 1.53 bits per heavy atom. The van der Waals surface area contributed by atoms with E-state index in [4.69, 9.17) is 5.73 Å². The average molecular weight is 235 g/mol. The number of anilines is 2. The molecule has 1 aromatic heterocycles. The van der Waals surface area contributed by atoms with Crippen molar-refractivity contribution in [2.24, 2.45) is 0 Å². The lowest BCUT2D eigenvalue weighted by Gasteiger charge is -2.20. The summed E-state index contributed by atoms with van der Waals surface area (Å²) in [5.74, 6) is 2.18. The van der Waals surface area contributed by atoms with Gasteiger partial charge in [-0.15, -0.1) is 0 Å².